The van der Waals surface area contributed by atoms with Crippen LogP contribution in [-0.4, -0.2) is 90.4 Å². The van der Waals surface area contributed by atoms with Gasteiger partial charge in [-0.15, -0.1) is 0 Å². The molecule has 0 aromatic carbocycles. The van der Waals surface area contributed by atoms with Crippen LogP contribution in [0, 0.1) is 0 Å². The minimum Gasteiger partial charge on any atom is -0.480 e. The number of rotatable bonds is 22. The van der Waals surface area contributed by atoms with Gasteiger partial charge in [-0.05, 0) is 51.5 Å². The Labute approximate surface area is 238 Å². The molecule has 0 heterocycles. The number of aliphatic imine (C=N–C) groups is 2. The highest BCUT2D eigenvalue weighted by atomic mass is 16.4. The summed E-state index contributed by atoms with van der Waals surface area (Å²) in [7, 11) is 0. The standard InChI is InChI=1S/C23H46N12O6/c24-10-2-1-5-13(25)18(37)33-15(8-9-17(26)36)20(39)34-14(6-3-11-31-22(27)28)19(38)35-16(21(40)41)7-4-12-32-23(29)30/h13-16H,1-12,24-25H2,(H2,26,36)(H,33,37)(H,34,39)(H,35,38)(H,40,41)(H4,27,28,31)(H4,29,30,32)/t13-,14-,15-,16-/m0/s1. The molecule has 0 spiro atoms. The fraction of sp³-hybridized carbons (Fsp3) is 0.696. The quantitative estimate of drug-likeness (QED) is 0.0324. The zero-order chi connectivity index (χ0) is 31.4. The van der Waals surface area contributed by atoms with Gasteiger partial charge >= 0.3 is 5.97 Å². The number of carboxylic acids is 1. The summed E-state index contributed by atoms with van der Waals surface area (Å²) >= 11 is 0. The van der Waals surface area contributed by atoms with Gasteiger partial charge in [0.15, 0.2) is 11.9 Å². The molecule has 0 aromatic heterocycles. The van der Waals surface area contributed by atoms with Crippen molar-refractivity contribution < 1.29 is 29.1 Å². The van der Waals surface area contributed by atoms with Gasteiger partial charge in [0.1, 0.15) is 18.1 Å². The number of nitrogens with one attached hydrogen (secondary N) is 3. The summed E-state index contributed by atoms with van der Waals surface area (Å²) in [6.07, 6.45) is 1.70. The number of primary amides is 1. The van der Waals surface area contributed by atoms with Gasteiger partial charge in [-0.25, -0.2) is 4.79 Å². The average Bonchev–Trinajstić information content (AvgIpc) is 2.88. The number of carbonyl (C=O) groups excluding carboxylic acids is 4. The lowest BCUT2D eigenvalue weighted by molar-refractivity contribution is -0.142. The number of unbranched alkanes of at least 4 members (excludes halogenated alkanes) is 1. The molecule has 0 aliphatic rings. The topological polar surface area (TPSA) is 349 Å². The Morgan fingerprint density at radius 3 is 1.56 bits per heavy atom. The lowest BCUT2D eigenvalue weighted by Gasteiger charge is -2.25. The average molecular weight is 587 g/mol. The van der Waals surface area contributed by atoms with Gasteiger partial charge in [0, 0.05) is 19.5 Å². The second-order valence-electron chi connectivity index (χ2n) is 9.32. The molecule has 0 fully saturated rings. The highest BCUT2D eigenvalue weighted by Crippen LogP contribution is 2.07. The fourth-order valence-electron chi connectivity index (χ4n) is 3.55. The van der Waals surface area contributed by atoms with E-state index in [1.54, 1.807) is 0 Å². The Hall–Kier alpha value is -4.19. The number of nitrogens with two attached hydrogens (primary N) is 7. The summed E-state index contributed by atoms with van der Waals surface area (Å²) < 4.78 is 0. The summed E-state index contributed by atoms with van der Waals surface area (Å²) in [5.74, 6) is -4.55. The van der Waals surface area contributed by atoms with E-state index in [1.165, 1.54) is 0 Å². The van der Waals surface area contributed by atoms with Crippen LogP contribution in [-0.2, 0) is 24.0 Å². The first-order valence-electron chi connectivity index (χ1n) is 13.3. The van der Waals surface area contributed by atoms with Crippen LogP contribution in [0.15, 0.2) is 9.98 Å². The Bertz CT molecular complexity index is 921. The number of aliphatic carboxylic acids is 1. The van der Waals surface area contributed by atoms with E-state index in [4.69, 9.17) is 40.1 Å². The molecule has 0 saturated carbocycles. The molecule has 41 heavy (non-hydrogen) atoms. The predicted octanol–water partition coefficient (Wildman–Crippen LogP) is -4.65. The number of hydrogen-bond donors (Lipinski definition) is 11. The van der Waals surface area contributed by atoms with Crippen LogP contribution < -0.4 is 56.1 Å². The van der Waals surface area contributed by atoms with Crippen molar-refractivity contribution in [2.45, 2.75) is 82.0 Å². The van der Waals surface area contributed by atoms with Gasteiger partial charge in [-0.3, -0.25) is 29.2 Å². The van der Waals surface area contributed by atoms with Crippen molar-refractivity contribution in [2.24, 2.45) is 50.1 Å². The van der Waals surface area contributed by atoms with Gasteiger partial charge < -0.3 is 61.2 Å². The van der Waals surface area contributed by atoms with Crippen molar-refractivity contribution in [1.29, 1.82) is 0 Å². The molecule has 18 heteroatoms. The van der Waals surface area contributed by atoms with E-state index in [0.717, 1.165) is 0 Å². The number of guanidine groups is 2. The van der Waals surface area contributed by atoms with Crippen molar-refractivity contribution in [3.05, 3.63) is 0 Å². The largest absolute Gasteiger partial charge is 0.480 e. The molecule has 0 aliphatic heterocycles. The Morgan fingerprint density at radius 1 is 0.634 bits per heavy atom. The fourth-order valence-corrected chi connectivity index (χ4v) is 3.55. The van der Waals surface area contributed by atoms with Crippen molar-refractivity contribution in [1.82, 2.24) is 16.0 Å². The number of nitrogens with zero attached hydrogens (tertiary/aromatic N) is 2. The maximum atomic E-state index is 13.2. The van der Waals surface area contributed by atoms with E-state index in [2.05, 4.69) is 25.9 Å². The molecule has 4 atom stereocenters. The van der Waals surface area contributed by atoms with Gasteiger partial charge in [0.25, 0.3) is 0 Å². The number of carbonyl (C=O) groups is 5. The SMILES string of the molecule is NCCCC[C@H](N)C(=O)N[C@@H](CCC(N)=O)C(=O)N[C@@H](CCCN=C(N)N)C(=O)N[C@@H](CCCN=C(N)N)C(=O)O. The lowest BCUT2D eigenvalue weighted by Crippen LogP contribution is -2.57. The maximum absolute atomic E-state index is 13.2. The molecule has 4 amide bonds. The highest BCUT2D eigenvalue weighted by molar-refractivity contribution is 5.94. The van der Waals surface area contributed by atoms with E-state index in [-0.39, 0.29) is 63.5 Å². The summed E-state index contributed by atoms with van der Waals surface area (Å²) in [6.45, 7) is 0.711. The van der Waals surface area contributed by atoms with Gasteiger partial charge in [-0.2, -0.15) is 0 Å². The zero-order valence-corrected chi connectivity index (χ0v) is 23.2. The molecule has 0 bridgehead atoms. The van der Waals surface area contributed by atoms with Crippen LogP contribution in [0.4, 0.5) is 0 Å². The third-order valence-electron chi connectivity index (χ3n) is 5.76. The molecule has 18 N–H and O–H groups in total. The first-order valence-corrected chi connectivity index (χ1v) is 13.3. The van der Waals surface area contributed by atoms with Crippen LogP contribution in [0.25, 0.3) is 0 Å². The van der Waals surface area contributed by atoms with Crippen LogP contribution in [0.3, 0.4) is 0 Å². The smallest absolute Gasteiger partial charge is 0.326 e. The molecule has 0 rings (SSSR count). The molecular formula is C23H46N12O6. The zero-order valence-electron chi connectivity index (χ0n) is 23.2. The first kappa shape index (κ1) is 36.8. The van der Waals surface area contributed by atoms with Crippen LogP contribution in [0.2, 0.25) is 0 Å². The van der Waals surface area contributed by atoms with E-state index in [1.807, 2.05) is 0 Å². The van der Waals surface area contributed by atoms with Crippen LogP contribution in [0.5, 0.6) is 0 Å². The number of amides is 4. The summed E-state index contributed by atoms with van der Waals surface area (Å²) in [5, 5.41) is 17.0. The predicted molar refractivity (Wildman–Crippen MR) is 153 cm³/mol. The van der Waals surface area contributed by atoms with Crippen LogP contribution >= 0.6 is 0 Å². The first-order chi connectivity index (χ1) is 19.3. The van der Waals surface area contributed by atoms with Crippen LogP contribution in [0.1, 0.15) is 57.8 Å². The Balaban J connectivity index is 5.67. The molecular weight excluding hydrogens is 540 g/mol. The van der Waals surface area contributed by atoms with Gasteiger partial charge in [0.2, 0.25) is 23.6 Å². The van der Waals surface area contributed by atoms with E-state index in [9.17, 15) is 29.1 Å². The number of hydrogen-bond acceptors (Lipinski definition) is 9. The van der Waals surface area contributed by atoms with Gasteiger partial charge in [-0.1, -0.05) is 6.42 Å². The third-order valence-corrected chi connectivity index (χ3v) is 5.76. The molecule has 0 unspecified atom stereocenters. The normalized spacial score (nSPS) is 13.5. The van der Waals surface area contributed by atoms with Crippen molar-refractivity contribution in [3.63, 3.8) is 0 Å². The summed E-state index contributed by atoms with van der Waals surface area (Å²) in [5.41, 5.74) is 37.8. The Morgan fingerprint density at radius 2 is 1.10 bits per heavy atom. The summed E-state index contributed by atoms with van der Waals surface area (Å²) in [4.78, 5) is 69.6. The second-order valence-corrected chi connectivity index (χ2v) is 9.32. The van der Waals surface area contributed by atoms with Crippen molar-refractivity contribution in [2.75, 3.05) is 19.6 Å². The van der Waals surface area contributed by atoms with Crippen molar-refractivity contribution >= 4 is 41.5 Å². The lowest BCUT2D eigenvalue weighted by atomic mass is 10.0. The minimum atomic E-state index is -1.30. The molecule has 0 aliphatic carbocycles. The molecule has 0 aromatic rings. The minimum absolute atomic E-state index is 0.00581. The molecule has 0 saturated heterocycles. The van der Waals surface area contributed by atoms with E-state index in [0.29, 0.717) is 25.8 Å². The Kier molecular flexibility index (Phi) is 18.6. The molecule has 18 nitrogen and oxygen atoms in total. The van der Waals surface area contributed by atoms with Gasteiger partial charge in [0.05, 0.1) is 6.04 Å². The maximum Gasteiger partial charge on any atom is 0.326 e. The molecule has 0 radical (unpaired) electrons. The summed E-state index contributed by atoms with van der Waals surface area (Å²) in [6, 6.07) is -4.72. The monoisotopic (exact) mass is 586 g/mol. The second kappa shape index (κ2) is 20.7. The third kappa shape index (κ3) is 17.9. The van der Waals surface area contributed by atoms with E-state index < -0.39 is 53.8 Å². The molecule has 234 valence electrons. The highest BCUT2D eigenvalue weighted by Gasteiger charge is 2.30. The van der Waals surface area contributed by atoms with Crippen molar-refractivity contribution in [3.8, 4) is 0 Å². The van der Waals surface area contributed by atoms with E-state index >= 15 is 0 Å². The number of carboxylic acid groups (broad SMARTS) is 1.